The van der Waals surface area contributed by atoms with Crippen molar-refractivity contribution in [2.75, 3.05) is 13.6 Å². The summed E-state index contributed by atoms with van der Waals surface area (Å²) >= 11 is 0. The van der Waals surface area contributed by atoms with E-state index in [1.165, 1.54) is 24.3 Å². The molecular weight excluding hydrogens is 489 g/mol. The molecule has 192 valence electrons. The quantitative estimate of drug-likeness (QED) is 0.274. The maximum Gasteiger partial charge on any atom is 0.417 e. The van der Waals surface area contributed by atoms with Crippen LogP contribution in [0, 0.1) is 12.7 Å². The molecule has 0 radical (unpaired) electrons. The summed E-state index contributed by atoms with van der Waals surface area (Å²) < 4.78 is 61.8. The number of carboxylic acids is 1. The molecule has 1 heterocycles. The lowest BCUT2D eigenvalue weighted by Gasteiger charge is -2.16. The van der Waals surface area contributed by atoms with Gasteiger partial charge < -0.3 is 14.5 Å². The number of halogens is 4. The van der Waals surface area contributed by atoms with Gasteiger partial charge in [0.2, 0.25) is 5.82 Å². The first-order valence-corrected chi connectivity index (χ1v) is 11.3. The van der Waals surface area contributed by atoms with Crippen LogP contribution in [0.3, 0.4) is 0 Å². The van der Waals surface area contributed by atoms with Crippen LogP contribution in [-0.2, 0) is 17.5 Å². The van der Waals surface area contributed by atoms with Crippen molar-refractivity contribution in [3.63, 3.8) is 0 Å². The zero-order valence-electron chi connectivity index (χ0n) is 20.0. The number of hydrogen-bond acceptors (Lipinski definition) is 5. The van der Waals surface area contributed by atoms with E-state index in [0.29, 0.717) is 16.7 Å². The number of aliphatic carboxylic acids is 1. The molecule has 0 aliphatic rings. The third kappa shape index (κ3) is 6.03. The Kier molecular flexibility index (Phi) is 7.40. The van der Waals surface area contributed by atoms with Gasteiger partial charge in [-0.05, 0) is 48.9 Å². The Morgan fingerprint density at radius 2 is 1.76 bits per heavy atom. The molecule has 4 rings (SSSR count). The number of nitrogens with zero attached hydrogens (tertiary/aromatic N) is 3. The topological polar surface area (TPSA) is 79.5 Å². The van der Waals surface area contributed by atoms with Gasteiger partial charge in [-0.2, -0.15) is 18.2 Å². The second-order valence-corrected chi connectivity index (χ2v) is 8.68. The Hall–Kier alpha value is -4.05. The van der Waals surface area contributed by atoms with Crippen molar-refractivity contribution < 1.29 is 32.0 Å². The normalized spacial score (nSPS) is 11.8. The Morgan fingerprint density at radius 3 is 2.43 bits per heavy atom. The molecule has 0 aliphatic heterocycles. The standard InChI is InChI=1S/C27H23F4N3O3/c1-16-5-3-4-6-20(16)21-10-9-18(13-22(21)27(29,30)31)26-32-25(33-37-26)17-7-8-19(23(28)14-17)15-34(2)12-11-24(35)36/h3-10,13-14H,11-12,15H2,1-2H3,(H,35,36)/i2-1. The third-order valence-electron chi connectivity index (χ3n) is 5.89. The van der Waals surface area contributed by atoms with Crippen molar-refractivity contribution in [3.05, 3.63) is 83.2 Å². The molecule has 0 atom stereocenters. The average molecular weight is 512 g/mol. The molecule has 0 saturated carbocycles. The van der Waals surface area contributed by atoms with E-state index in [-0.39, 0.29) is 47.9 Å². The first kappa shape index (κ1) is 26.0. The number of rotatable bonds is 8. The number of hydrogen-bond donors (Lipinski definition) is 1. The first-order chi connectivity index (χ1) is 17.5. The van der Waals surface area contributed by atoms with Crippen molar-refractivity contribution in [3.8, 4) is 34.0 Å². The number of carboxylic acid groups (broad SMARTS) is 1. The van der Waals surface area contributed by atoms with Gasteiger partial charge in [0.05, 0.1) is 12.0 Å². The highest BCUT2D eigenvalue weighted by molar-refractivity contribution is 5.74. The molecule has 0 saturated heterocycles. The predicted octanol–water partition coefficient (Wildman–Crippen LogP) is 6.44. The minimum Gasteiger partial charge on any atom is -0.481 e. The van der Waals surface area contributed by atoms with E-state index < -0.39 is 23.5 Å². The molecule has 1 N–H and O–H groups in total. The SMILES string of the molecule is Cc1ccccc1-c1ccc(-c2nc(-c3ccc(CN([11CH3])CCC(=O)O)c(F)c3)no2)cc1C(F)(F)F. The highest BCUT2D eigenvalue weighted by Crippen LogP contribution is 2.40. The van der Waals surface area contributed by atoms with Crippen LogP contribution in [-0.4, -0.2) is 39.7 Å². The monoisotopic (exact) mass is 512 g/mol. The van der Waals surface area contributed by atoms with E-state index in [9.17, 15) is 22.4 Å². The number of aromatic nitrogens is 2. The van der Waals surface area contributed by atoms with Gasteiger partial charge in [0.1, 0.15) is 5.82 Å². The average Bonchev–Trinajstić information content (AvgIpc) is 3.34. The van der Waals surface area contributed by atoms with E-state index in [1.807, 2.05) is 0 Å². The zero-order valence-corrected chi connectivity index (χ0v) is 20.0. The Labute approximate surface area is 210 Å². The smallest absolute Gasteiger partial charge is 0.417 e. The molecule has 0 fully saturated rings. The van der Waals surface area contributed by atoms with Crippen LogP contribution >= 0.6 is 0 Å². The number of aryl methyl sites for hydroxylation is 1. The summed E-state index contributed by atoms with van der Waals surface area (Å²) in [7, 11) is 1.68. The van der Waals surface area contributed by atoms with Crippen molar-refractivity contribution in [2.45, 2.75) is 26.1 Å². The van der Waals surface area contributed by atoms with Gasteiger partial charge in [0, 0.05) is 29.8 Å². The maximum atomic E-state index is 14.7. The Balaban J connectivity index is 1.60. The van der Waals surface area contributed by atoms with Crippen LogP contribution in [0.5, 0.6) is 0 Å². The second-order valence-electron chi connectivity index (χ2n) is 8.68. The van der Waals surface area contributed by atoms with Crippen molar-refractivity contribution >= 4 is 5.97 Å². The summed E-state index contributed by atoms with van der Waals surface area (Å²) in [5.74, 6) is -1.60. The molecule has 0 unspecified atom stereocenters. The lowest BCUT2D eigenvalue weighted by molar-refractivity contribution is -0.138. The van der Waals surface area contributed by atoms with Crippen LogP contribution in [0.1, 0.15) is 23.1 Å². The highest BCUT2D eigenvalue weighted by atomic mass is 19.4. The Morgan fingerprint density at radius 1 is 1.03 bits per heavy atom. The molecule has 1 aromatic heterocycles. The summed E-state index contributed by atoms with van der Waals surface area (Å²) in [6.45, 7) is 2.20. The summed E-state index contributed by atoms with van der Waals surface area (Å²) in [5.41, 5.74) is 1.11. The van der Waals surface area contributed by atoms with Crippen LogP contribution in [0.25, 0.3) is 34.0 Å². The fourth-order valence-electron chi connectivity index (χ4n) is 3.95. The summed E-state index contributed by atoms with van der Waals surface area (Å²) in [6, 6.07) is 14.9. The molecule has 3 aromatic carbocycles. The fourth-order valence-corrected chi connectivity index (χ4v) is 3.95. The van der Waals surface area contributed by atoms with Crippen molar-refractivity contribution in [2.24, 2.45) is 0 Å². The van der Waals surface area contributed by atoms with Gasteiger partial charge in [0.25, 0.3) is 5.89 Å². The zero-order chi connectivity index (χ0) is 26.7. The summed E-state index contributed by atoms with van der Waals surface area (Å²) in [4.78, 5) is 16.6. The largest absolute Gasteiger partial charge is 0.481 e. The predicted molar refractivity (Wildman–Crippen MR) is 129 cm³/mol. The number of carbonyl (C=O) groups is 1. The fraction of sp³-hybridized carbons (Fsp3) is 0.222. The summed E-state index contributed by atoms with van der Waals surface area (Å²) in [6.07, 6.45) is -4.68. The van der Waals surface area contributed by atoms with Crippen LogP contribution in [0.4, 0.5) is 17.6 Å². The lowest BCUT2D eigenvalue weighted by atomic mass is 9.94. The van der Waals surface area contributed by atoms with E-state index >= 15 is 0 Å². The van der Waals surface area contributed by atoms with Gasteiger partial charge in [-0.3, -0.25) is 4.79 Å². The van der Waals surface area contributed by atoms with Crippen molar-refractivity contribution in [1.82, 2.24) is 15.0 Å². The Bertz CT molecular complexity index is 1430. The molecule has 37 heavy (non-hydrogen) atoms. The van der Waals surface area contributed by atoms with Gasteiger partial charge in [-0.15, -0.1) is 0 Å². The highest BCUT2D eigenvalue weighted by Gasteiger charge is 2.34. The molecule has 0 spiro atoms. The van der Waals surface area contributed by atoms with E-state index in [4.69, 9.17) is 9.63 Å². The minimum absolute atomic E-state index is 0.0243. The molecule has 0 amide bonds. The van der Waals surface area contributed by atoms with E-state index in [0.717, 1.165) is 6.07 Å². The molecule has 0 bridgehead atoms. The van der Waals surface area contributed by atoms with Crippen LogP contribution in [0.2, 0.25) is 0 Å². The maximum absolute atomic E-state index is 14.7. The number of alkyl halides is 3. The molecule has 4 aromatic rings. The van der Waals surface area contributed by atoms with E-state index in [2.05, 4.69) is 10.1 Å². The van der Waals surface area contributed by atoms with Gasteiger partial charge >= 0.3 is 12.1 Å². The van der Waals surface area contributed by atoms with Gasteiger partial charge in [0.15, 0.2) is 0 Å². The van der Waals surface area contributed by atoms with Crippen molar-refractivity contribution in [1.29, 1.82) is 0 Å². The summed E-state index contributed by atoms with van der Waals surface area (Å²) in [5, 5.41) is 12.6. The first-order valence-electron chi connectivity index (χ1n) is 11.3. The number of benzene rings is 3. The molecular formula is C27H23F4N3O3. The lowest BCUT2D eigenvalue weighted by Crippen LogP contribution is -2.21. The van der Waals surface area contributed by atoms with Gasteiger partial charge in [-0.25, -0.2) is 4.39 Å². The molecule has 10 heteroatoms. The second kappa shape index (κ2) is 10.5. The molecule has 6 nitrogen and oxygen atoms in total. The third-order valence-corrected chi connectivity index (χ3v) is 5.89. The van der Waals surface area contributed by atoms with Crippen LogP contribution < -0.4 is 0 Å². The molecule has 0 aliphatic carbocycles. The van der Waals surface area contributed by atoms with Gasteiger partial charge in [-0.1, -0.05) is 47.6 Å². The van der Waals surface area contributed by atoms with E-state index in [1.54, 1.807) is 49.2 Å². The van der Waals surface area contributed by atoms with Crippen LogP contribution in [0.15, 0.2) is 65.2 Å². The minimum atomic E-state index is -4.62.